The molecule has 40 heavy (non-hydrogen) atoms. The molecule has 11 nitrogen and oxygen atoms in total. The zero-order chi connectivity index (χ0) is 29.5. The third-order valence-corrected chi connectivity index (χ3v) is 8.08. The lowest BCUT2D eigenvalue weighted by Crippen LogP contribution is -2.43. The van der Waals surface area contributed by atoms with Crippen LogP contribution in [-0.2, 0) is 15.6 Å². The molecule has 2 N–H and O–H groups in total. The highest BCUT2D eigenvalue weighted by atomic mass is 32.2. The van der Waals surface area contributed by atoms with Crippen LogP contribution in [0.2, 0.25) is 0 Å². The average molecular weight is 589 g/mol. The van der Waals surface area contributed by atoms with Crippen LogP contribution in [0.3, 0.4) is 0 Å². The Morgan fingerprint density at radius 2 is 1.82 bits per heavy atom. The van der Waals surface area contributed by atoms with Crippen LogP contribution in [0.15, 0.2) is 59.4 Å². The number of hydrogen-bond donors (Lipinski definition) is 2. The van der Waals surface area contributed by atoms with E-state index in [-0.39, 0.29) is 23.8 Å². The minimum atomic E-state index is -3.88. The summed E-state index contributed by atoms with van der Waals surface area (Å²) in [7, 11) is 0.0591. The van der Waals surface area contributed by atoms with Crippen molar-refractivity contribution in [3.8, 4) is 11.5 Å². The molecule has 0 bridgehead atoms. The Balaban J connectivity index is 2.13. The maximum atomic E-state index is 13.7. The van der Waals surface area contributed by atoms with Crippen LogP contribution in [0.4, 0.5) is 5.95 Å². The van der Waals surface area contributed by atoms with Gasteiger partial charge < -0.3 is 14.8 Å². The number of carbonyl (C=O) groups is 2. The molecule has 0 aliphatic heterocycles. The van der Waals surface area contributed by atoms with E-state index >= 15 is 0 Å². The molecule has 0 fully saturated rings. The SMILES string of the molecule is CCCS(=O)(=O)N(CCP)c1nc(C(=O)NC(C)(C)c2cccc(OC)c2)c(OC(=O)c2ccccc2)c(=O)[nH]1. The number of nitrogens with one attached hydrogen (secondary N) is 2. The summed E-state index contributed by atoms with van der Waals surface area (Å²) in [5.41, 5.74) is -1.70. The Bertz CT molecular complexity index is 1530. The minimum absolute atomic E-state index is 0.0184. The van der Waals surface area contributed by atoms with Crippen LogP contribution < -0.4 is 24.7 Å². The second kappa shape index (κ2) is 13.1. The smallest absolute Gasteiger partial charge is 0.343 e. The Morgan fingerprint density at radius 1 is 1.12 bits per heavy atom. The molecule has 13 heteroatoms. The molecule has 0 saturated heterocycles. The molecule has 0 saturated carbocycles. The monoisotopic (exact) mass is 588 g/mol. The molecule has 1 atom stereocenters. The van der Waals surface area contributed by atoms with E-state index in [9.17, 15) is 22.8 Å². The number of methoxy groups -OCH3 is 1. The number of rotatable bonds is 12. The fourth-order valence-corrected chi connectivity index (χ4v) is 5.75. The molecule has 214 valence electrons. The summed E-state index contributed by atoms with van der Waals surface area (Å²) in [6.07, 6.45) is 0.663. The van der Waals surface area contributed by atoms with Crippen molar-refractivity contribution >= 4 is 37.1 Å². The van der Waals surface area contributed by atoms with Gasteiger partial charge in [0.05, 0.1) is 24.0 Å². The van der Waals surface area contributed by atoms with Gasteiger partial charge in [0.25, 0.3) is 11.5 Å². The van der Waals surface area contributed by atoms with Crippen molar-refractivity contribution in [2.45, 2.75) is 32.7 Å². The number of anilines is 1. The largest absolute Gasteiger partial charge is 0.497 e. The Kier molecular flexibility index (Phi) is 10.1. The number of benzene rings is 2. The van der Waals surface area contributed by atoms with E-state index in [1.54, 1.807) is 63.2 Å². The summed E-state index contributed by atoms with van der Waals surface area (Å²) in [5.74, 6) is -2.38. The predicted octanol–water partition coefficient (Wildman–Crippen LogP) is 3.08. The van der Waals surface area contributed by atoms with Crippen LogP contribution in [0.5, 0.6) is 11.5 Å². The van der Waals surface area contributed by atoms with E-state index in [2.05, 4.69) is 24.5 Å². The van der Waals surface area contributed by atoms with Gasteiger partial charge in [-0.25, -0.2) is 22.5 Å². The quantitative estimate of drug-likeness (QED) is 0.242. The summed E-state index contributed by atoms with van der Waals surface area (Å²) >= 11 is 0. The molecule has 0 aliphatic rings. The Labute approximate surface area is 235 Å². The van der Waals surface area contributed by atoms with Gasteiger partial charge in [0.1, 0.15) is 5.75 Å². The first kappa shape index (κ1) is 30.8. The number of hydrogen-bond acceptors (Lipinski definition) is 8. The van der Waals surface area contributed by atoms with Gasteiger partial charge in [-0.05, 0) is 56.3 Å². The molecular formula is C27H33N4O7PS. The molecule has 1 heterocycles. The predicted molar refractivity (Wildman–Crippen MR) is 156 cm³/mol. The lowest BCUT2D eigenvalue weighted by atomic mass is 9.94. The molecule has 1 amide bonds. The van der Waals surface area contributed by atoms with Gasteiger partial charge >= 0.3 is 5.97 Å². The van der Waals surface area contributed by atoms with Gasteiger partial charge in [0, 0.05) is 6.54 Å². The maximum Gasteiger partial charge on any atom is 0.343 e. The third kappa shape index (κ3) is 7.25. The molecule has 3 aromatic rings. The highest BCUT2D eigenvalue weighted by Crippen LogP contribution is 2.26. The average Bonchev–Trinajstić information content (AvgIpc) is 2.92. The van der Waals surface area contributed by atoms with Crippen LogP contribution in [0, 0.1) is 0 Å². The minimum Gasteiger partial charge on any atom is -0.497 e. The first-order valence-electron chi connectivity index (χ1n) is 12.5. The lowest BCUT2D eigenvalue weighted by molar-refractivity contribution is 0.0727. The molecule has 1 aromatic heterocycles. The van der Waals surface area contributed by atoms with E-state index in [0.717, 1.165) is 4.31 Å². The number of aromatic amines is 1. The normalized spacial score (nSPS) is 11.5. The zero-order valence-electron chi connectivity index (χ0n) is 22.8. The number of sulfonamides is 1. The number of esters is 1. The van der Waals surface area contributed by atoms with E-state index in [0.29, 0.717) is 23.9 Å². The van der Waals surface area contributed by atoms with Crippen molar-refractivity contribution in [3.63, 3.8) is 0 Å². The first-order valence-corrected chi connectivity index (χ1v) is 14.9. The first-order chi connectivity index (χ1) is 18.9. The highest BCUT2D eigenvalue weighted by molar-refractivity contribution is 7.92. The van der Waals surface area contributed by atoms with Crippen molar-refractivity contribution in [2.75, 3.05) is 29.9 Å². The van der Waals surface area contributed by atoms with Gasteiger partial charge in [-0.1, -0.05) is 37.3 Å². The van der Waals surface area contributed by atoms with Crippen molar-refractivity contribution < 1.29 is 27.5 Å². The summed E-state index contributed by atoms with van der Waals surface area (Å²) in [4.78, 5) is 46.4. The van der Waals surface area contributed by atoms with Crippen LogP contribution in [0.1, 0.15) is 53.6 Å². The highest BCUT2D eigenvalue weighted by Gasteiger charge is 2.31. The summed E-state index contributed by atoms with van der Waals surface area (Å²) < 4.78 is 37.6. The van der Waals surface area contributed by atoms with Gasteiger partial charge in [-0.3, -0.25) is 14.6 Å². The molecular weight excluding hydrogens is 555 g/mol. The summed E-state index contributed by atoms with van der Waals surface area (Å²) in [6, 6.07) is 15.0. The Morgan fingerprint density at radius 3 is 2.45 bits per heavy atom. The van der Waals surface area contributed by atoms with Crippen LogP contribution >= 0.6 is 9.24 Å². The van der Waals surface area contributed by atoms with Gasteiger partial charge in [-0.15, -0.1) is 9.24 Å². The van der Waals surface area contributed by atoms with E-state index in [4.69, 9.17) is 9.47 Å². The van der Waals surface area contributed by atoms with Gasteiger partial charge in [0.15, 0.2) is 5.69 Å². The number of H-pyrrole nitrogens is 1. The van der Waals surface area contributed by atoms with Crippen molar-refractivity contribution in [3.05, 3.63) is 81.8 Å². The zero-order valence-corrected chi connectivity index (χ0v) is 24.7. The lowest BCUT2D eigenvalue weighted by Gasteiger charge is -2.28. The fourth-order valence-electron chi connectivity index (χ4n) is 3.83. The number of nitrogens with zero attached hydrogens (tertiary/aromatic N) is 2. The van der Waals surface area contributed by atoms with E-state index < -0.39 is 44.4 Å². The van der Waals surface area contributed by atoms with Gasteiger partial charge in [0.2, 0.25) is 21.7 Å². The number of aromatic nitrogens is 2. The molecule has 0 spiro atoms. The summed E-state index contributed by atoms with van der Waals surface area (Å²) in [5, 5.41) is 2.81. The Hall–Kier alpha value is -3.76. The molecule has 2 aromatic carbocycles. The standard InChI is InChI=1S/C27H33N4O7PS/c1-5-16-40(35,36)31(14-15-39)26-28-21(22(24(33)29-26)38-25(34)18-10-7-6-8-11-18)23(32)30-27(2,3)19-12-9-13-20(17-19)37-4/h6-13,17H,5,14-16,39H2,1-4H3,(H,30,32)(H,28,29,33). The fraction of sp³-hybridized carbons (Fsp3) is 0.333. The molecule has 0 aliphatic carbocycles. The third-order valence-electron chi connectivity index (χ3n) is 5.87. The number of amides is 1. The topological polar surface area (TPSA) is 148 Å². The van der Waals surface area contributed by atoms with E-state index in [1.807, 2.05) is 0 Å². The van der Waals surface area contributed by atoms with Crippen molar-refractivity contribution in [1.82, 2.24) is 15.3 Å². The second-order valence-electron chi connectivity index (χ2n) is 9.31. The van der Waals surface area contributed by atoms with Gasteiger partial charge in [-0.2, -0.15) is 0 Å². The van der Waals surface area contributed by atoms with Crippen LogP contribution in [-0.4, -0.2) is 55.8 Å². The van der Waals surface area contributed by atoms with Crippen molar-refractivity contribution in [2.24, 2.45) is 0 Å². The van der Waals surface area contributed by atoms with Crippen LogP contribution in [0.25, 0.3) is 0 Å². The molecule has 1 unspecified atom stereocenters. The number of carbonyl (C=O) groups excluding carboxylic acids is 2. The number of ether oxygens (including phenoxy) is 2. The maximum absolute atomic E-state index is 13.7. The summed E-state index contributed by atoms with van der Waals surface area (Å²) in [6.45, 7) is 5.15. The second-order valence-corrected chi connectivity index (χ2v) is 11.9. The van der Waals surface area contributed by atoms with Crippen molar-refractivity contribution in [1.29, 1.82) is 0 Å². The van der Waals surface area contributed by atoms with E-state index in [1.165, 1.54) is 19.2 Å². The molecule has 0 radical (unpaired) electrons. The molecule has 3 rings (SSSR count).